The van der Waals surface area contributed by atoms with E-state index in [4.69, 9.17) is 4.74 Å². The summed E-state index contributed by atoms with van der Waals surface area (Å²) in [6, 6.07) is 17.9. The lowest BCUT2D eigenvalue weighted by atomic mass is 9.66. The third-order valence-corrected chi connectivity index (χ3v) is 7.29. The van der Waals surface area contributed by atoms with E-state index in [0.717, 1.165) is 32.4 Å². The second-order valence-electron chi connectivity index (χ2n) is 9.62. The van der Waals surface area contributed by atoms with Crippen LogP contribution in [0.5, 0.6) is 0 Å². The van der Waals surface area contributed by atoms with Gasteiger partial charge in [-0.1, -0.05) is 55.3 Å². The lowest BCUT2D eigenvalue weighted by Gasteiger charge is -2.47. The van der Waals surface area contributed by atoms with Gasteiger partial charge in [-0.05, 0) is 75.8 Å². The predicted molar refractivity (Wildman–Crippen MR) is 117 cm³/mol. The van der Waals surface area contributed by atoms with Crippen LogP contribution in [-0.2, 0) is 15.7 Å². The Hall–Kier alpha value is -1.71. The molecule has 2 fully saturated rings. The second-order valence-corrected chi connectivity index (χ2v) is 9.62. The van der Waals surface area contributed by atoms with Gasteiger partial charge in [0.05, 0.1) is 5.60 Å². The molecule has 3 heteroatoms. The topological polar surface area (TPSA) is 21.3 Å². The molecule has 2 nitrogen and oxygen atoms in total. The summed E-state index contributed by atoms with van der Waals surface area (Å²) >= 11 is 0. The smallest absolute Gasteiger partial charge is 0.123 e. The van der Waals surface area contributed by atoms with Crippen molar-refractivity contribution in [1.29, 1.82) is 0 Å². The van der Waals surface area contributed by atoms with Crippen LogP contribution in [-0.4, -0.2) is 18.8 Å². The van der Waals surface area contributed by atoms with Crippen LogP contribution in [0.15, 0.2) is 54.6 Å². The van der Waals surface area contributed by atoms with Crippen LogP contribution in [0, 0.1) is 5.82 Å². The van der Waals surface area contributed by atoms with Crippen LogP contribution in [0.4, 0.5) is 4.39 Å². The Kier molecular flexibility index (Phi) is 5.81. The highest BCUT2D eigenvalue weighted by atomic mass is 19.1. The van der Waals surface area contributed by atoms with Gasteiger partial charge >= 0.3 is 0 Å². The van der Waals surface area contributed by atoms with Gasteiger partial charge in [0.25, 0.3) is 0 Å². The van der Waals surface area contributed by atoms with Crippen LogP contribution in [0.3, 0.4) is 0 Å². The fourth-order valence-electron chi connectivity index (χ4n) is 5.54. The van der Waals surface area contributed by atoms with E-state index >= 15 is 0 Å². The Morgan fingerprint density at radius 1 is 0.966 bits per heavy atom. The van der Waals surface area contributed by atoms with E-state index in [-0.39, 0.29) is 22.4 Å². The van der Waals surface area contributed by atoms with Crippen LogP contribution in [0.1, 0.15) is 69.9 Å². The van der Waals surface area contributed by atoms with Crippen LogP contribution in [0.25, 0.3) is 0 Å². The summed E-state index contributed by atoms with van der Waals surface area (Å²) in [5, 5.41) is 3.79. The van der Waals surface area contributed by atoms with E-state index in [1.54, 1.807) is 12.1 Å². The van der Waals surface area contributed by atoms with Gasteiger partial charge in [0.2, 0.25) is 0 Å². The molecule has 1 saturated carbocycles. The molecule has 1 spiro atoms. The van der Waals surface area contributed by atoms with E-state index in [2.05, 4.69) is 49.5 Å². The Morgan fingerprint density at radius 3 is 2.34 bits per heavy atom. The van der Waals surface area contributed by atoms with Crippen molar-refractivity contribution in [3.63, 3.8) is 0 Å². The fourth-order valence-corrected chi connectivity index (χ4v) is 5.54. The van der Waals surface area contributed by atoms with E-state index in [1.807, 2.05) is 12.1 Å². The highest BCUT2D eigenvalue weighted by Crippen LogP contribution is 2.50. The minimum Gasteiger partial charge on any atom is -0.375 e. The van der Waals surface area contributed by atoms with Crippen LogP contribution < -0.4 is 5.32 Å². The number of rotatable bonds is 6. The van der Waals surface area contributed by atoms with Gasteiger partial charge in [-0.15, -0.1) is 0 Å². The number of ether oxygens (including phenoxy) is 1. The van der Waals surface area contributed by atoms with Crippen LogP contribution >= 0.6 is 0 Å². The number of halogens is 1. The summed E-state index contributed by atoms with van der Waals surface area (Å²) in [5.74, 6) is -0.158. The van der Waals surface area contributed by atoms with E-state index in [1.165, 1.54) is 36.8 Å². The number of hydrogen-bond donors (Lipinski definition) is 1. The molecule has 1 atom stereocenters. The standard InChI is InChI=1S/C26H34FNO/c1-24(2,21-8-4-3-5-9-21)28-18-16-25(22-10-12-23(27)13-11-22)17-19-29-26(20-25)14-6-7-15-26/h3-5,8-13,28H,6-7,14-20H2,1-2H3. The van der Waals surface area contributed by atoms with Gasteiger partial charge in [-0.2, -0.15) is 0 Å². The molecule has 2 aliphatic rings. The Bertz CT molecular complexity index is 795. The molecule has 1 saturated heterocycles. The quantitative estimate of drug-likeness (QED) is 0.638. The molecule has 0 aromatic heterocycles. The first-order valence-corrected chi connectivity index (χ1v) is 11.1. The Balaban J connectivity index is 1.54. The molecule has 1 aliphatic carbocycles. The fraction of sp³-hybridized carbons (Fsp3) is 0.538. The molecule has 1 N–H and O–H groups in total. The Labute approximate surface area is 174 Å². The summed E-state index contributed by atoms with van der Waals surface area (Å²) in [6.07, 6.45) is 7.96. The zero-order chi connectivity index (χ0) is 20.4. The molecule has 2 aromatic carbocycles. The zero-order valence-electron chi connectivity index (χ0n) is 17.8. The molecule has 1 heterocycles. The highest BCUT2D eigenvalue weighted by molar-refractivity contribution is 5.28. The van der Waals surface area contributed by atoms with Crippen molar-refractivity contribution in [3.8, 4) is 0 Å². The third-order valence-electron chi connectivity index (χ3n) is 7.29. The first-order chi connectivity index (χ1) is 13.9. The summed E-state index contributed by atoms with van der Waals surface area (Å²) < 4.78 is 20.0. The first-order valence-electron chi connectivity index (χ1n) is 11.1. The van der Waals surface area contributed by atoms with Gasteiger partial charge in [-0.25, -0.2) is 4.39 Å². The molecule has 1 unspecified atom stereocenters. The molecular weight excluding hydrogens is 361 g/mol. The molecule has 0 amide bonds. The van der Waals surface area contributed by atoms with E-state index in [9.17, 15) is 4.39 Å². The minimum atomic E-state index is -0.158. The van der Waals surface area contributed by atoms with Gasteiger partial charge in [0.1, 0.15) is 5.82 Å². The minimum absolute atomic E-state index is 0.0293. The maximum atomic E-state index is 13.6. The van der Waals surface area contributed by atoms with Gasteiger partial charge < -0.3 is 10.1 Å². The second kappa shape index (κ2) is 8.20. The van der Waals surface area contributed by atoms with Gasteiger partial charge in [0, 0.05) is 17.6 Å². The van der Waals surface area contributed by atoms with Crippen molar-refractivity contribution < 1.29 is 9.13 Å². The summed E-state index contributed by atoms with van der Waals surface area (Å²) in [4.78, 5) is 0. The lowest BCUT2D eigenvalue weighted by Crippen LogP contribution is -2.48. The number of hydrogen-bond acceptors (Lipinski definition) is 2. The first kappa shape index (κ1) is 20.6. The maximum Gasteiger partial charge on any atom is 0.123 e. The molecule has 0 radical (unpaired) electrons. The van der Waals surface area contributed by atoms with Crippen molar-refractivity contribution in [2.75, 3.05) is 13.2 Å². The third kappa shape index (κ3) is 4.41. The van der Waals surface area contributed by atoms with Crippen molar-refractivity contribution in [3.05, 3.63) is 71.5 Å². The molecule has 29 heavy (non-hydrogen) atoms. The average Bonchev–Trinajstić information content (AvgIpc) is 3.16. The average molecular weight is 396 g/mol. The molecule has 2 aromatic rings. The Morgan fingerprint density at radius 2 is 1.66 bits per heavy atom. The van der Waals surface area contributed by atoms with E-state index < -0.39 is 0 Å². The lowest BCUT2D eigenvalue weighted by molar-refractivity contribution is -0.103. The van der Waals surface area contributed by atoms with Crippen LogP contribution in [0.2, 0.25) is 0 Å². The van der Waals surface area contributed by atoms with Gasteiger partial charge in [-0.3, -0.25) is 0 Å². The number of benzene rings is 2. The SMILES string of the molecule is CC(C)(NCCC1(c2ccc(F)cc2)CCOC2(CCCC2)C1)c1ccccc1. The van der Waals surface area contributed by atoms with Gasteiger partial charge in [0.15, 0.2) is 0 Å². The van der Waals surface area contributed by atoms with Crippen molar-refractivity contribution in [2.45, 2.75) is 75.3 Å². The van der Waals surface area contributed by atoms with Crippen molar-refractivity contribution >= 4 is 0 Å². The summed E-state index contributed by atoms with van der Waals surface area (Å²) in [6.45, 7) is 6.22. The highest BCUT2D eigenvalue weighted by Gasteiger charge is 2.47. The molecule has 0 bridgehead atoms. The zero-order valence-corrected chi connectivity index (χ0v) is 17.8. The number of nitrogens with one attached hydrogen (secondary N) is 1. The summed E-state index contributed by atoms with van der Waals surface area (Å²) in [7, 11) is 0. The normalized spacial score (nSPS) is 24.1. The monoisotopic (exact) mass is 395 g/mol. The largest absolute Gasteiger partial charge is 0.375 e. The molecule has 4 rings (SSSR count). The van der Waals surface area contributed by atoms with E-state index in [0.29, 0.717) is 0 Å². The molecular formula is C26H34FNO. The summed E-state index contributed by atoms with van der Waals surface area (Å²) in [5.41, 5.74) is 2.57. The predicted octanol–water partition coefficient (Wildman–Crippen LogP) is 6.10. The van der Waals surface area contributed by atoms with Crippen molar-refractivity contribution in [2.24, 2.45) is 0 Å². The van der Waals surface area contributed by atoms with Crippen molar-refractivity contribution in [1.82, 2.24) is 5.32 Å². The maximum absolute atomic E-state index is 13.6. The molecule has 1 aliphatic heterocycles. The molecule has 156 valence electrons.